The van der Waals surface area contributed by atoms with Gasteiger partial charge in [0.1, 0.15) is 6.61 Å². The normalized spacial score (nSPS) is 10.4. The maximum absolute atomic E-state index is 12.6. The molecule has 5 aromatic carbocycles. The minimum atomic E-state index is -0.523. The van der Waals surface area contributed by atoms with Crippen LogP contribution >= 0.6 is 11.8 Å². The summed E-state index contributed by atoms with van der Waals surface area (Å²) >= 11 is 1.45. The van der Waals surface area contributed by atoms with Crippen molar-refractivity contribution in [1.29, 1.82) is 0 Å². The Balaban J connectivity index is 0.000000199. The van der Waals surface area contributed by atoms with E-state index < -0.39 is 6.09 Å². The van der Waals surface area contributed by atoms with Gasteiger partial charge >= 0.3 is 6.09 Å². The summed E-state index contributed by atoms with van der Waals surface area (Å²) in [5, 5.41) is 6.00. The molecule has 296 valence electrons. The van der Waals surface area contributed by atoms with Gasteiger partial charge in [-0.2, -0.15) is 0 Å². The Morgan fingerprint density at radius 1 is 0.712 bits per heavy atom. The van der Waals surface area contributed by atoms with E-state index >= 15 is 0 Å². The molecular formula is C46H41N7O5S. The van der Waals surface area contributed by atoms with Crippen LogP contribution in [0.3, 0.4) is 0 Å². The summed E-state index contributed by atoms with van der Waals surface area (Å²) < 4.78 is 5.12. The Hall–Kier alpha value is -7.51. The molecule has 7 aromatic rings. The van der Waals surface area contributed by atoms with Crippen LogP contribution in [0.4, 0.5) is 21.9 Å². The van der Waals surface area contributed by atoms with E-state index in [1.54, 1.807) is 73.1 Å². The molecule has 2 aromatic heterocycles. The fourth-order valence-electron chi connectivity index (χ4n) is 5.61. The van der Waals surface area contributed by atoms with Gasteiger partial charge in [0.2, 0.25) is 0 Å². The highest BCUT2D eigenvalue weighted by Gasteiger charge is 2.11. The molecule has 0 atom stereocenters. The number of aromatic amines is 1. The van der Waals surface area contributed by atoms with Crippen molar-refractivity contribution in [3.8, 4) is 11.3 Å². The molecule has 2 amide bonds. The number of benzene rings is 5. The average molecular weight is 804 g/mol. The number of carbonyl (C=O) groups is 3. The van der Waals surface area contributed by atoms with E-state index in [9.17, 15) is 19.2 Å². The second kappa shape index (κ2) is 20.6. The van der Waals surface area contributed by atoms with Crippen LogP contribution in [0.5, 0.6) is 0 Å². The van der Waals surface area contributed by atoms with Gasteiger partial charge in [0.15, 0.2) is 10.9 Å². The summed E-state index contributed by atoms with van der Waals surface area (Å²) in [6, 6.07) is 43.6. The van der Waals surface area contributed by atoms with Crippen LogP contribution in [-0.4, -0.2) is 32.7 Å². The second-order valence-corrected chi connectivity index (χ2v) is 14.1. The topological polar surface area (TPSA) is 195 Å². The Morgan fingerprint density at radius 3 is 2.10 bits per heavy atom. The van der Waals surface area contributed by atoms with Crippen LogP contribution in [0.2, 0.25) is 0 Å². The van der Waals surface area contributed by atoms with Gasteiger partial charge in [-0.05, 0) is 53.1 Å². The lowest BCUT2D eigenvalue weighted by molar-refractivity contribution is 0.0991. The lowest BCUT2D eigenvalue weighted by atomic mass is 10.0. The Morgan fingerprint density at radius 2 is 1.39 bits per heavy atom. The molecule has 0 aliphatic rings. The number of ether oxygens (including phenoxy) is 1. The van der Waals surface area contributed by atoms with Crippen LogP contribution in [0.1, 0.15) is 43.0 Å². The smallest absolute Gasteiger partial charge is 0.407 e. The van der Waals surface area contributed by atoms with Gasteiger partial charge in [-0.3, -0.25) is 19.4 Å². The van der Waals surface area contributed by atoms with Crippen LogP contribution in [0.25, 0.3) is 11.3 Å². The van der Waals surface area contributed by atoms with Gasteiger partial charge in [0, 0.05) is 65.1 Å². The molecule has 0 unspecified atom stereocenters. The van der Waals surface area contributed by atoms with Crippen LogP contribution in [0, 0.1) is 0 Å². The number of anilines is 3. The standard InChI is InChI=1S/C25H21N3O2S.C21H20N4O3/c26-21-9-5-4-8-20(21)14-23(29)19-12-10-17(11-13-19)16-31-25-27-22(15-24(30)28-25)18-6-2-1-3-7-18;22-18-5-1-2-6-19(18)25-20(26)17-9-7-15(8-10-17)13-24-21(27)28-14-16-4-3-11-23-12-16/h1-13,15H,14,16,26H2,(H,27,28,30);1-12H,13-14,22H2,(H,24,27)(H,25,26). The van der Waals surface area contributed by atoms with Gasteiger partial charge in [-0.25, -0.2) is 9.78 Å². The second-order valence-electron chi connectivity index (χ2n) is 13.1. The molecular weight excluding hydrogens is 763 g/mol. The number of rotatable bonds is 13. The number of para-hydroxylation sites is 3. The van der Waals surface area contributed by atoms with Crippen molar-refractivity contribution in [2.45, 2.75) is 30.5 Å². The number of amides is 2. The van der Waals surface area contributed by atoms with E-state index in [1.807, 2.05) is 78.9 Å². The number of thioether (sulfide) groups is 1. The van der Waals surface area contributed by atoms with Crippen molar-refractivity contribution in [2.75, 3.05) is 16.8 Å². The zero-order chi connectivity index (χ0) is 41.4. The Kier molecular flexibility index (Phi) is 14.4. The molecule has 0 fully saturated rings. The Labute approximate surface area is 345 Å². The van der Waals surface area contributed by atoms with E-state index in [1.165, 1.54) is 17.8 Å². The zero-order valence-corrected chi connectivity index (χ0v) is 32.7. The van der Waals surface area contributed by atoms with E-state index in [2.05, 4.69) is 25.6 Å². The van der Waals surface area contributed by atoms with E-state index in [4.69, 9.17) is 16.2 Å². The first-order valence-electron chi connectivity index (χ1n) is 18.5. The molecule has 0 saturated heterocycles. The maximum atomic E-state index is 12.6. The van der Waals surface area contributed by atoms with E-state index in [0.717, 1.165) is 27.8 Å². The van der Waals surface area contributed by atoms with Gasteiger partial charge in [-0.15, -0.1) is 0 Å². The molecule has 7 N–H and O–H groups in total. The summed E-state index contributed by atoms with van der Waals surface area (Å²) in [5.74, 6) is 0.397. The molecule has 0 saturated carbocycles. The highest BCUT2D eigenvalue weighted by Crippen LogP contribution is 2.23. The largest absolute Gasteiger partial charge is 0.445 e. The highest BCUT2D eigenvalue weighted by atomic mass is 32.2. The lowest BCUT2D eigenvalue weighted by Gasteiger charge is -2.09. The molecule has 12 nitrogen and oxygen atoms in total. The predicted octanol–water partition coefficient (Wildman–Crippen LogP) is 8.08. The first-order valence-corrected chi connectivity index (χ1v) is 19.5. The number of Topliss-reactive ketones (excluding diaryl/α,β-unsaturated/α-hetero) is 1. The van der Waals surface area contributed by atoms with Gasteiger partial charge < -0.3 is 31.8 Å². The number of nitrogen functional groups attached to an aromatic ring is 2. The number of carbonyl (C=O) groups excluding carboxylic acids is 3. The van der Waals surface area contributed by atoms with Crippen molar-refractivity contribution in [2.24, 2.45) is 0 Å². The third-order valence-electron chi connectivity index (χ3n) is 8.80. The highest BCUT2D eigenvalue weighted by molar-refractivity contribution is 7.98. The van der Waals surface area contributed by atoms with E-state index in [0.29, 0.717) is 51.3 Å². The van der Waals surface area contributed by atoms with Crippen LogP contribution < -0.4 is 27.7 Å². The van der Waals surface area contributed by atoms with Gasteiger partial charge in [-0.1, -0.05) is 115 Å². The van der Waals surface area contributed by atoms with Crippen molar-refractivity contribution in [3.05, 3.63) is 202 Å². The third-order valence-corrected chi connectivity index (χ3v) is 9.75. The third kappa shape index (κ3) is 12.5. The fraction of sp³-hybridized carbons (Fsp3) is 0.0870. The number of hydrogen-bond acceptors (Lipinski definition) is 10. The van der Waals surface area contributed by atoms with Crippen molar-refractivity contribution in [1.82, 2.24) is 20.3 Å². The average Bonchev–Trinajstić information content (AvgIpc) is 3.27. The molecule has 0 aliphatic carbocycles. The molecule has 0 bridgehead atoms. The molecule has 59 heavy (non-hydrogen) atoms. The number of alkyl carbamates (subject to hydrolysis) is 1. The number of ketones is 1. The summed E-state index contributed by atoms with van der Waals surface area (Å²) in [4.78, 5) is 60.0. The fourth-order valence-corrected chi connectivity index (χ4v) is 6.44. The lowest BCUT2D eigenvalue weighted by Crippen LogP contribution is -2.23. The minimum absolute atomic E-state index is 0.0265. The number of aromatic nitrogens is 3. The molecule has 0 spiro atoms. The van der Waals surface area contributed by atoms with E-state index in [-0.39, 0.29) is 30.3 Å². The number of nitrogens with two attached hydrogens (primary N) is 2. The van der Waals surface area contributed by atoms with Crippen molar-refractivity contribution >= 4 is 46.6 Å². The first kappa shape index (κ1) is 41.1. The SMILES string of the molecule is Nc1ccccc1CC(=O)c1ccc(CSc2nc(-c3ccccc3)cc(=O)[nH]2)cc1.Nc1ccccc1NC(=O)c1ccc(CNC(=O)OCc2cccnc2)cc1. The Bertz CT molecular complexity index is 2550. The number of nitrogens with zero attached hydrogens (tertiary/aromatic N) is 2. The van der Waals surface area contributed by atoms with Gasteiger partial charge in [0.25, 0.3) is 11.5 Å². The number of nitrogens with one attached hydrogen (secondary N) is 3. The quantitative estimate of drug-likeness (QED) is 0.0329. The zero-order valence-electron chi connectivity index (χ0n) is 31.8. The summed E-state index contributed by atoms with van der Waals surface area (Å²) in [5.41, 5.74) is 19.5. The molecule has 0 radical (unpaired) electrons. The summed E-state index contributed by atoms with van der Waals surface area (Å²) in [7, 11) is 0. The van der Waals surface area contributed by atoms with Crippen molar-refractivity contribution in [3.63, 3.8) is 0 Å². The van der Waals surface area contributed by atoms with Crippen molar-refractivity contribution < 1.29 is 19.1 Å². The summed E-state index contributed by atoms with van der Waals surface area (Å²) in [6.45, 7) is 0.445. The van der Waals surface area contributed by atoms with Crippen LogP contribution in [-0.2, 0) is 30.1 Å². The molecule has 13 heteroatoms. The number of hydrogen-bond donors (Lipinski definition) is 5. The monoisotopic (exact) mass is 803 g/mol. The minimum Gasteiger partial charge on any atom is -0.445 e. The molecule has 2 heterocycles. The predicted molar refractivity (Wildman–Crippen MR) is 232 cm³/mol. The summed E-state index contributed by atoms with van der Waals surface area (Å²) in [6.07, 6.45) is 3.05. The van der Waals surface area contributed by atoms with Gasteiger partial charge in [0.05, 0.1) is 17.1 Å². The first-order chi connectivity index (χ1) is 28.7. The molecule has 7 rings (SSSR count). The maximum Gasteiger partial charge on any atom is 0.407 e. The molecule has 0 aliphatic heterocycles. The number of pyridine rings is 1. The number of H-pyrrole nitrogens is 1. The van der Waals surface area contributed by atoms with Crippen LogP contribution in [0.15, 0.2) is 168 Å².